The van der Waals surface area contributed by atoms with Crippen LogP contribution in [0.25, 0.3) is 5.57 Å². The first-order valence-corrected chi connectivity index (χ1v) is 8.16. The topological polar surface area (TPSA) is 27.7 Å². The van der Waals surface area contributed by atoms with Gasteiger partial charge in [0.2, 0.25) is 0 Å². The molecule has 1 heterocycles. The Morgan fingerprint density at radius 1 is 1.21 bits per heavy atom. The summed E-state index contributed by atoms with van der Waals surface area (Å²) in [5, 5.41) is 0.132. The monoisotopic (exact) mass is 358 g/mol. The zero-order chi connectivity index (χ0) is 18.1. The van der Waals surface area contributed by atoms with Crippen molar-refractivity contribution < 1.29 is 22.8 Å². The average Bonchev–Trinajstić information content (AvgIpc) is 2.70. The van der Waals surface area contributed by atoms with Crippen LogP contribution in [0.5, 0.6) is 0 Å². The molecule has 1 aromatic rings. The predicted octanol–water partition coefficient (Wildman–Crippen LogP) is 4.83. The van der Waals surface area contributed by atoms with E-state index in [0.29, 0.717) is 0 Å². The summed E-state index contributed by atoms with van der Waals surface area (Å²) in [4.78, 5) is 0. The summed E-state index contributed by atoms with van der Waals surface area (Å²) in [6.07, 6.45) is 0.146. The molecular formula is C17H22BClF2O3. The highest BCUT2D eigenvalue weighted by molar-refractivity contribution is 6.55. The lowest BCUT2D eigenvalue weighted by Crippen LogP contribution is -2.41. The molecule has 1 fully saturated rings. The molecule has 0 amide bonds. The molecule has 1 aromatic carbocycles. The zero-order valence-corrected chi connectivity index (χ0v) is 15.3. The van der Waals surface area contributed by atoms with Crippen molar-refractivity contribution in [2.24, 2.45) is 0 Å². The fourth-order valence-corrected chi connectivity index (χ4v) is 2.72. The summed E-state index contributed by atoms with van der Waals surface area (Å²) in [5.41, 5.74) is -1.96. The first-order valence-electron chi connectivity index (χ1n) is 7.78. The minimum atomic E-state index is -1.21. The highest BCUT2D eigenvalue weighted by atomic mass is 35.5. The number of methoxy groups -OCH3 is 1. The number of hydrogen-bond acceptors (Lipinski definition) is 3. The summed E-state index contributed by atoms with van der Waals surface area (Å²) in [7, 11) is 0.283. The van der Waals surface area contributed by atoms with Gasteiger partial charge >= 0.3 is 7.12 Å². The third-order valence-corrected chi connectivity index (χ3v) is 4.88. The Balaban J connectivity index is 2.49. The molecular weight excluding hydrogens is 336 g/mol. The molecule has 24 heavy (non-hydrogen) atoms. The fraction of sp³-hybridized carbons (Fsp3) is 0.529. The van der Waals surface area contributed by atoms with Gasteiger partial charge in [0.05, 0.1) is 22.8 Å². The molecule has 132 valence electrons. The molecule has 0 N–H and O–H groups in total. The number of rotatable bonds is 5. The van der Waals surface area contributed by atoms with Crippen molar-refractivity contribution in [2.45, 2.75) is 45.3 Å². The predicted molar refractivity (Wildman–Crippen MR) is 92.0 cm³/mol. The maximum absolute atomic E-state index is 15.2. The van der Waals surface area contributed by atoms with Crippen molar-refractivity contribution in [3.05, 3.63) is 40.3 Å². The van der Waals surface area contributed by atoms with Gasteiger partial charge in [0.15, 0.2) is 0 Å². The Kier molecular flexibility index (Phi) is 5.75. The lowest BCUT2D eigenvalue weighted by molar-refractivity contribution is 0.00578. The van der Waals surface area contributed by atoms with E-state index in [1.807, 2.05) is 27.7 Å². The standard InChI is InChI=1S/C17H22BClF2O3/c1-16(2)17(3,4)24-18(23-16)15(21)11(9-10-22-5)14-12(19)7-6-8-13(14)20/h6-8H,9-10H2,1-5H3. The summed E-state index contributed by atoms with van der Waals surface area (Å²) >= 11 is 6.10. The third-order valence-electron chi connectivity index (χ3n) is 4.57. The maximum Gasteiger partial charge on any atom is 0.525 e. The molecule has 0 radical (unpaired) electrons. The van der Waals surface area contributed by atoms with Crippen molar-refractivity contribution >= 4 is 24.3 Å². The Morgan fingerprint density at radius 2 is 1.79 bits per heavy atom. The fourth-order valence-electron chi connectivity index (χ4n) is 2.44. The van der Waals surface area contributed by atoms with Gasteiger partial charge in [-0.3, -0.25) is 0 Å². The van der Waals surface area contributed by atoms with Crippen molar-refractivity contribution in [1.82, 2.24) is 0 Å². The van der Waals surface area contributed by atoms with Gasteiger partial charge in [-0.05, 0) is 51.8 Å². The lowest BCUT2D eigenvalue weighted by Gasteiger charge is -2.32. The van der Waals surface area contributed by atoms with Crippen LogP contribution >= 0.6 is 11.6 Å². The van der Waals surface area contributed by atoms with E-state index in [9.17, 15) is 4.39 Å². The molecule has 0 saturated carbocycles. The molecule has 0 spiro atoms. The molecule has 0 aliphatic carbocycles. The summed E-state index contributed by atoms with van der Waals surface area (Å²) in [6, 6.07) is 4.23. The molecule has 1 aliphatic heterocycles. The number of halogens is 3. The quantitative estimate of drug-likeness (QED) is 0.706. The van der Waals surface area contributed by atoms with Crippen LogP contribution in [0, 0.1) is 5.82 Å². The van der Waals surface area contributed by atoms with Gasteiger partial charge in [0.1, 0.15) is 11.5 Å². The van der Waals surface area contributed by atoms with E-state index >= 15 is 4.39 Å². The second-order valence-corrected chi connectivity index (χ2v) is 7.16. The zero-order valence-electron chi connectivity index (χ0n) is 14.6. The van der Waals surface area contributed by atoms with Crippen LogP contribution in [0.15, 0.2) is 23.9 Å². The molecule has 0 unspecified atom stereocenters. The first kappa shape index (κ1) is 19.4. The summed E-state index contributed by atoms with van der Waals surface area (Å²) in [6.45, 7) is 7.51. The van der Waals surface area contributed by atoms with E-state index in [4.69, 9.17) is 25.6 Å². The van der Waals surface area contributed by atoms with Gasteiger partial charge < -0.3 is 14.0 Å². The number of hydrogen-bond donors (Lipinski definition) is 0. The molecule has 7 heteroatoms. The van der Waals surface area contributed by atoms with Gasteiger partial charge in [-0.2, -0.15) is 0 Å². The average molecular weight is 359 g/mol. The Hall–Kier alpha value is -0.945. The highest BCUT2D eigenvalue weighted by Gasteiger charge is 2.53. The normalized spacial score (nSPS) is 20.2. The smallest absolute Gasteiger partial charge is 0.398 e. The van der Waals surface area contributed by atoms with E-state index < -0.39 is 29.9 Å². The second-order valence-electron chi connectivity index (χ2n) is 6.75. The largest absolute Gasteiger partial charge is 0.525 e. The minimum absolute atomic E-state index is 0.0171. The van der Waals surface area contributed by atoms with Crippen LogP contribution in [0.4, 0.5) is 8.78 Å². The molecule has 0 bridgehead atoms. The van der Waals surface area contributed by atoms with E-state index in [0.717, 1.165) is 0 Å². The van der Waals surface area contributed by atoms with Crippen LogP contribution in [0.3, 0.4) is 0 Å². The maximum atomic E-state index is 15.2. The first-order chi connectivity index (χ1) is 11.1. The lowest BCUT2D eigenvalue weighted by atomic mass is 9.81. The van der Waals surface area contributed by atoms with Gasteiger partial charge in [0.25, 0.3) is 0 Å². The minimum Gasteiger partial charge on any atom is -0.398 e. The SMILES string of the molecule is COCCC(=C(F)B1OC(C)(C)C(C)(C)O1)c1c(F)cccc1Cl. The van der Waals surface area contributed by atoms with Gasteiger partial charge in [-0.25, -0.2) is 8.78 Å². The molecule has 1 saturated heterocycles. The van der Waals surface area contributed by atoms with Crippen molar-refractivity contribution in [3.63, 3.8) is 0 Å². The van der Waals surface area contributed by atoms with E-state index in [1.54, 1.807) is 0 Å². The van der Waals surface area contributed by atoms with Crippen LogP contribution in [0.2, 0.25) is 5.02 Å². The summed E-state index contributed by atoms with van der Waals surface area (Å²) < 4.78 is 45.9. The Labute approximate surface area is 147 Å². The van der Waals surface area contributed by atoms with Crippen LogP contribution in [-0.4, -0.2) is 32.0 Å². The van der Waals surface area contributed by atoms with E-state index in [-0.39, 0.29) is 29.2 Å². The molecule has 3 nitrogen and oxygen atoms in total. The third kappa shape index (κ3) is 3.67. The molecule has 2 rings (SSSR count). The van der Waals surface area contributed by atoms with E-state index in [1.165, 1.54) is 25.3 Å². The second kappa shape index (κ2) is 7.12. The molecule has 0 atom stereocenters. The van der Waals surface area contributed by atoms with Crippen LogP contribution < -0.4 is 0 Å². The van der Waals surface area contributed by atoms with Gasteiger partial charge in [0, 0.05) is 12.7 Å². The van der Waals surface area contributed by atoms with Gasteiger partial charge in [-0.1, -0.05) is 17.7 Å². The van der Waals surface area contributed by atoms with Crippen LogP contribution in [0.1, 0.15) is 39.7 Å². The highest BCUT2D eigenvalue weighted by Crippen LogP contribution is 2.41. The van der Waals surface area contributed by atoms with Gasteiger partial charge in [-0.15, -0.1) is 0 Å². The van der Waals surface area contributed by atoms with Crippen molar-refractivity contribution in [3.8, 4) is 0 Å². The summed E-state index contributed by atoms with van der Waals surface area (Å²) in [5.74, 6) is -0.597. The Bertz CT molecular complexity index is 610. The number of ether oxygens (including phenoxy) is 1. The molecule has 0 aromatic heterocycles. The van der Waals surface area contributed by atoms with E-state index in [2.05, 4.69) is 0 Å². The Morgan fingerprint density at radius 3 is 2.29 bits per heavy atom. The van der Waals surface area contributed by atoms with Crippen LogP contribution in [-0.2, 0) is 14.0 Å². The number of benzene rings is 1. The van der Waals surface area contributed by atoms with Crippen molar-refractivity contribution in [2.75, 3.05) is 13.7 Å². The molecule has 1 aliphatic rings. The van der Waals surface area contributed by atoms with Crippen molar-refractivity contribution in [1.29, 1.82) is 0 Å².